The van der Waals surface area contributed by atoms with Gasteiger partial charge in [0.05, 0.1) is 19.8 Å². The number of esters is 3. The van der Waals surface area contributed by atoms with Gasteiger partial charge in [0, 0.05) is 19.3 Å². The van der Waals surface area contributed by atoms with E-state index < -0.39 is 57.8 Å². The summed E-state index contributed by atoms with van der Waals surface area (Å²) in [5.41, 5.74) is 0. The molecule has 0 spiro atoms. The summed E-state index contributed by atoms with van der Waals surface area (Å²) in [5, 5.41) is 9.76. The van der Waals surface area contributed by atoms with Crippen LogP contribution < -0.4 is 0 Å². The van der Waals surface area contributed by atoms with Gasteiger partial charge in [0.15, 0.2) is 6.10 Å². The van der Waals surface area contributed by atoms with Crippen LogP contribution in [0.15, 0.2) is 60.8 Å². The Morgan fingerprint density at radius 1 is 0.426 bits per heavy atom. The second-order valence-electron chi connectivity index (χ2n) is 18.0. The minimum absolute atomic E-state index is 0.0472. The number of phosphoric ester groups is 1. The Labute approximate surface area is 415 Å². The Morgan fingerprint density at radius 3 is 1.31 bits per heavy atom. The van der Waals surface area contributed by atoms with Crippen LogP contribution in [0.25, 0.3) is 0 Å². The summed E-state index contributed by atoms with van der Waals surface area (Å²) in [6, 6.07) is 0. The Balaban J connectivity index is 4.77. The van der Waals surface area contributed by atoms with Crippen molar-refractivity contribution in [1.29, 1.82) is 0 Å². The van der Waals surface area contributed by atoms with E-state index in [4.69, 9.17) is 23.3 Å². The van der Waals surface area contributed by atoms with E-state index in [9.17, 15) is 28.9 Å². The third-order valence-corrected chi connectivity index (χ3v) is 12.4. The monoisotopic (exact) mass is 979 g/mol. The van der Waals surface area contributed by atoms with Gasteiger partial charge in [-0.2, -0.15) is 0 Å². The van der Waals surface area contributed by atoms with Crippen molar-refractivity contribution in [2.24, 2.45) is 0 Å². The summed E-state index contributed by atoms with van der Waals surface area (Å²) in [5.74, 6) is -1.57. The number of phosphoric acid groups is 1. The first-order valence-electron chi connectivity index (χ1n) is 27.2. The summed E-state index contributed by atoms with van der Waals surface area (Å²) in [7, 11) is -4.76. The van der Waals surface area contributed by atoms with Crippen LogP contribution in [0.3, 0.4) is 0 Å². The molecule has 0 fully saturated rings. The average Bonchev–Trinajstić information content (AvgIpc) is 3.32. The van der Waals surface area contributed by atoms with Crippen LogP contribution in [0.5, 0.6) is 0 Å². The standard InChI is InChI=1S/C56H99O11P/c1-4-7-10-13-16-19-22-24-25-26-27-29-31-33-36-39-42-45-54(58)63-49-53(67-56(60)47-44-41-38-35-32-28-23-20-17-14-11-8-5-2)51-65-68(61,62)64-50-52(48-57)66-55(59)46-43-40-37-34-30-21-18-15-12-9-6-3/h8,11,15,17-18,20,28,32,38,41,52-53,57H,4-7,9-10,12-14,16,19,21-27,29-31,33-37,39-40,42-51H2,1-3H3,(H,61,62)/b11-8-,18-15-,20-17-,32-28-,41-38-. The molecule has 3 unspecified atom stereocenters. The molecule has 0 rings (SSSR count). The minimum Gasteiger partial charge on any atom is -0.462 e. The first-order chi connectivity index (χ1) is 33.2. The van der Waals surface area contributed by atoms with Crippen LogP contribution in [0.1, 0.15) is 239 Å². The van der Waals surface area contributed by atoms with Gasteiger partial charge >= 0.3 is 25.7 Å². The molecule has 2 N–H and O–H groups in total. The predicted octanol–water partition coefficient (Wildman–Crippen LogP) is 15.6. The molecular weight excluding hydrogens is 880 g/mol. The normalized spacial score (nSPS) is 13.9. The van der Waals surface area contributed by atoms with Crippen LogP contribution >= 0.6 is 7.82 Å². The van der Waals surface area contributed by atoms with Crippen molar-refractivity contribution >= 4 is 25.7 Å². The second kappa shape index (κ2) is 50.6. The minimum atomic E-state index is -4.76. The Morgan fingerprint density at radius 2 is 0.809 bits per heavy atom. The fourth-order valence-electron chi connectivity index (χ4n) is 7.29. The molecule has 0 radical (unpaired) electrons. The van der Waals surface area contributed by atoms with Crippen molar-refractivity contribution in [3.8, 4) is 0 Å². The molecule has 0 aromatic heterocycles. The van der Waals surface area contributed by atoms with Gasteiger partial charge in [-0.3, -0.25) is 23.4 Å². The topological polar surface area (TPSA) is 155 Å². The first kappa shape index (κ1) is 65.2. The first-order valence-corrected chi connectivity index (χ1v) is 28.7. The highest BCUT2D eigenvalue weighted by Gasteiger charge is 2.28. The Hall–Kier alpha value is -2.82. The van der Waals surface area contributed by atoms with Crippen molar-refractivity contribution in [3.63, 3.8) is 0 Å². The van der Waals surface area contributed by atoms with Gasteiger partial charge < -0.3 is 24.2 Å². The van der Waals surface area contributed by atoms with Gasteiger partial charge in [0.25, 0.3) is 0 Å². The third-order valence-electron chi connectivity index (χ3n) is 11.4. The van der Waals surface area contributed by atoms with E-state index >= 15 is 0 Å². The van der Waals surface area contributed by atoms with E-state index in [1.807, 2.05) is 12.2 Å². The lowest BCUT2D eigenvalue weighted by molar-refractivity contribution is -0.161. The zero-order chi connectivity index (χ0) is 49.9. The lowest BCUT2D eigenvalue weighted by atomic mass is 10.0. The maximum absolute atomic E-state index is 12.8. The van der Waals surface area contributed by atoms with Gasteiger partial charge in [-0.05, 0) is 64.2 Å². The SMILES string of the molecule is CC/C=C\C/C=C\C/C=C\C/C=C\CCC(=O)OC(COC(=O)CCCCCCCCCCCCCCCCCCC)COP(=O)(O)OCC(CO)OC(=O)CCCCCCC/C=C\CCCC. The third kappa shape index (κ3) is 48.2. The highest BCUT2D eigenvalue weighted by atomic mass is 31.2. The molecule has 3 atom stereocenters. The lowest BCUT2D eigenvalue weighted by Gasteiger charge is -2.21. The number of carbonyl (C=O) groups is 3. The number of ether oxygens (including phenoxy) is 3. The van der Waals surface area contributed by atoms with Crippen LogP contribution in [0.2, 0.25) is 0 Å². The summed E-state index contributed by atoms with van der Waals surface area (Å²) >= 11 is 0. The molecule has 394 valence electrons. The van der Waals surface area contributed by atoms with E-state index in [0.717, 1.165) is 83.5 Å². The van der Waals surface area contributed by atoms with E-state index in [-0.39, 0.29) is 25.9 Å². The van der Waals surface area contributed by atoms with Crippen molar-refractivity contribution in [1.82, 2.24) is 0 Å². The molecule has 0 saturated heterocycles. The molecule has 0 aliphatic rings. The van der Waals surface area contributed by atoms with E-state index in [1.54, 1.807) is 0 Å². The molecular formula is C56H99O11P. The van der Waals surface area contributed by atoms with Gasteiger partial charge in [-0.15, -0.1) is 0 Å². The maximum Gasteiger partial charge on any atom is 0.472 e. The number of aliphatic hydroxyl groups is 1. The summed E-state index contributed by atoms with van der Waals surface area (Å²) < 4.78 is 39.3. The van der Waals surface area contributed by atoms with Gasteiger partial charge in [0.2, 0.25) is 0 Å². The van der Waals surface area contributed by atoms with Crippen molar-refractivity contribution in [2.45, 2.75) is 251 Å². The van der Waals surface area contributed by atoms with Crippen molar-refractivity contribution < 1.29 is 52.2 Å². The number of hydrogen-bond donors (Lipinski definition) is 2. The van der Waals surface area contributed by atoms with Crippen LogP contribution in [0.4, 0.5) is 0 Å². The van der Waals surface area contributed by atoms with Gasteiger partial charge in [-0.25, -0.2) is 4.57 Å². The number of carbonyl (C=O) groups excluding carboxylic acids is 3. The molecule has 0 bridgehead atoms. The predicted molar refractivity (Wildman–Crippen MR) is 279 cm³/mol. The second-order valence-corrected chi connectivity index (χ2v) is 19.5. The average molecular weight is 979 g/mol. The lowest BCUT2D eigenvalue weighted by Crippen LogP contribution is -2.30. The zero-order valence-corrected chi connectivity index (χ0v) is 44.2. The Bertz CT molecular complexity index is 1370. The maximum atomic E-state index is 12.8. The quantitative estimate of drug-likeness (QED) is 0.0197. The largest absolute Gasteiger partial charge is 0.472 e. The molecule has 0 aromatic carbocycles. The molecule has 0 aliphatic carbocycles. The van der Waals surface area contributed by atoms with Gasteiger partial charge in [0.1, 0.15) is 12.7 Å². The molecule has 68 heavy (non-hydrogen) atoms. The number of rotatable bonds is 50. The van der Waals surface area contributed by atoms with Crippen molar-refractivity contribution in [3.05, 3.63) is 60.8 Å². The van der Waals surface area contributed by atoms with Crippen LogP contribution in [0, 0.1) is 0 Å². The highest BCUT2D eigenvalue weighted by Crippen LogP contribution is 2.43. The molecule has 12 heteroatoms. The highest BCUT2D eigenvalue weighted by molar-refractivity contribution is 7.47. The number of unbranched alkanes of at least 4 members (excludes halogenated alkanes) is 23. The van der Waals surface area contributed by atoms with Crippen LogP contribution in [-0.4, -0.2) is 66.5 Å². The van der Waals surface area contributed by atoms with E-state index in [2.05, 4.69) is 69.4 Å². The number of aliphatic hydroxyl groups excluding tert-OH is 1. The summed E-state index contributed by atoms with van der Waals surface area (Å²) in [4.78, 5) is 48.3. The number of hydrogen-bond acceptors (Lipinski definition) is 10. The smallest absolute Gasteiger partial charge is 0.462 e. The van der Waals surface area contributed by atoms with E-state index in [0.29, 0.717) is 19.3 Å². The molecule has 0 aromatic rings. The zero-order valence-electron chi connectivity index (χ0n) is 43.3. The van der Waals surface area contributed by atoms with E-state index in [1.165, 1.54) is 96.3 Å². The molecule has 0 heterocycles. The summed E-state index contributed by atoms with van der Waals surface area (Å²) in [6.07, 6.45) is 53.6. The number of allylic oxidation sites excluding steroid dienone is 10. The fourth-order valence-corrected chi connectivity index (χ4v) is 8.08. The van der Waals surface area contributed by atoms with Crippen molar-refractivity contribution in [2.75, 3.05) is 26.4 Å². The molecule has 11 nitrogen and oxygen atoms in total. The Kier molecular flexibility index (Phi) is 48.5. The summed E-state index contributed by atoms with van der Waals surface area (Å²) in [6.45, 7) is 4.40. The van der Waals surface area contributed by atoms with Crippen LogP contribution in [-0.2, 0) is 42.2 Å². The molecule has 0 aliphatic heterocycles. The molecule has 0 saturated carbocycles. The van der Waals surface area contributed by atoms with Gasteiger partial charge in [-0.1, -0.05) is 216 Å². The fraction of sp³-hybridized carbons (Fsp3) is 0.768. The molecule has 0 amide bonds.